The van der Waals surface area contributed by atoms with Gasteiger partial charge in [0.15, 0.2) is 17.5 Å². The fraction of sp³-hybridized carbons (Fsp3) is 0. The second-order valence-corrected chi connectivity index (χ2v) is 15.1. The molecule has 0 saturated heterocycles. The summed E-state index contributed by atoms with van der Waals surface area (Å²) in [5.74, 6) is 1.41. The van der Waals surface area contributed by atoms with E-state index < -0.39 is 0 Å². The molecule has 11 aromatic rings. The summed E-state index contributed by atoms with van der Waals surface area (Å²) in [6.45, 7) is 0. The van der Waals surface area contributed by atoms with E-state index in [0.29, 0.717) is 39.7 Å². The molecule has 5 nitrogen and oxygen atoms in total. The van der Waals surface area contributed by atoms with Crippen LogP contribution in [0.2, 0.25) is 0 Å². The molecule has 0 amide bonds. The normalized spacial score (nSPS) is 11.6. The average Bonchev–Trinajstić information content (AvgIpc) is 3.86. The van der Waals surface area contributed by atoms with E-state index in [0.717, 1.165) is 49.8 Å². The topological polar surface area (TPSA) is 56.7 Å². The number of furan rings is 1. The first-order valence-electron chi connectivity index (χ1n) is 19.8. The standard InChI is InChI=1S/C51H27B5N4O/c52-43-42(44(53)46(55)47(56)45(43)54)31-13-9-14-32(25-31)50-57-49(28-11-3-1-4-12-28)58-51(59-50)36-19-10-18-35-38-27-30(22-24-41(38)61-48(35)36)29-21-23-40-37(26-29)34-17-7-8-20-39(34)60(40)33-15-5-2-6-16-33/h1-27H. The highest BCUT2D eigenvalue weighted by Gasteiger charge is 2.20. The summed E-state index contributed by atoms with van der Waals surface area (Å²) in [5.41, 5.74) is 11.5. The monoisotopic (exact) mass is 766 g/mol. The van der Waals surface area contributed by atoms with Crippen LogP contribution in [-0.2, 0) is 0 Å². The summed E-state index contributed by atoms with van der Waals surface area (Å²) in [4.78, 5) is 15.1. The molecule has 3 heterocycles. The van der Waals surface area contributed by atoms with Gasteiger partial charge in [0.1, 0.15) is 50.4 Å². The van der Waals surface area contributed by atoms with Gasteiger partial charge in [-0.2, -0.15) is 0 Å². The van der Waals surface area contributed by atoms with Gasteiger partial charge in [-0.3, -0.25) is 0 Å². The zero-order valence-electron chi connectivity index (χ0n) is 32.7. The summed E-state index contributed by atoms with van der Waals surface area (Å²) < 4.78 is 9.00. The minimum absolute atomic E-state index is 0.158. The fourth-order valence-electron chi connectivity index (χ4n) is 8.48. The van der Waals surface area contributed by atoms with Crippen molar-refractivity contribution in [1.82, 2.24) is 19.5 Å². The molecule has 0 bridgehead atoms. The Morgan fingerprint density at radius 3 is 1.70 bits per heavy atom. The Bertz CT molecular complexity index is 3520. The third kappa shape index (κ3) is 6.04. The first kappa shape index (κ1) is 36.8. The van der Waals surface area contributed by atoms with Crippen molar-refractivity contribution in [3.05, 3.63) is 164 Å². The van der Waals surface area contributed by atoms with Crippen molar-refractivity contribution in [2.45, 2.75) is 0 Å². The number of aromatic nitrogens is 4. The maximum absolute atomic E-state index is 6.67. The van der Waals surface area contributed by atoms with Crippen molar-refractivity contribution < 1.29 is 4.42 Å². The van der Waals surface area contributed by atoms with Crippen LogP contribution in [0.25, 0.3) is 106 Å². The highest BCUT2D eigenvalue weighted by molar-refractivity contribution is 6.68. The van der Waals surface area contributed by atoms with E-state index in [9.17, 15) is 0 Å². The molecule has 0 atom stereocenters. The summed E-state index contributed by atoms with van der Waals surface area (Å²) in [7, 11) is 31.5. The number of rotatable bonds is 6. The number of hydrogen-bond acceptors (Lipinski definition) is 4. The van der Waals surface area contributed by atoms with Gasteiger partial charge in [0.25, 0.3) is 0 Å². The third-order valence-corrected chi connectivity index (χ3v) is 11.5. The van der Waals surface area contributed by atoms with E-state index in [1.165, 1.54) is 16.3 Å². The molecule has 0 spiro atoms. The number of fused-ring (bicyclic) bond motifs is 6. The summed E-state index contributed by atoms with van der Waals surface area (Å²) in [5, 5.41) is 4.33. The van der Waals surface area contributed by atoms with Gasteiger partial charge in [0.05, 0.1) is 16.6 Å². The molecule has 61 heavy (non-hydrogen) atoms. The van der Waals surface area contributed by atoms with E-state index in [1.807, 2.05) is 78.9 Å². The van der Waals surface area contributed by atoms with Gasteiger partial charge in [-0.15, -0.1) is 16.4 Å². The van der Waals surface area contributed by atoms with Crippen LogP contribution in [0.4, 0.5) is 0 Å². The highest BCUT2D eigenvalue weighted by atomic mass is 16.3. The van der Waals surface area contributed by atoms with Crippen molar-refractivity contribution in [3.8, 4) is 62.1 Å². The van der Waals surface area contributed by atoms with Crippen LogP contribution in [0.3, 0.4) is 0 Å². The van der Waals surface area contributed by atoms with Gasteiger partial charge in [0, 0.05) is 38.4 Å². The zero-order chi connectivity index (χ0) is 41.4. The van der Waals surface area contributed by atoms with Crippen LogP contribution in [0.15, 0.2) is 168 Å². The van der Waals surface area contributed by atoms with Gasteiger partial charge in [-0.05, 0) is 76.9 Å². The SMILES string of the molecule is [B]c1c([B])c([B])c(-c2cccc(-c3nc(-c4ccccc4)nc(-c4cccc5c4oc4ccc(-c6ccc7c(c6)c6ccccc6n7-c6ccccc6)cc45)n3)c2)c([B])c1[B]. The van der Waals surface area contributed by atoms with Crippen molar-refractivity contribution in [2.24, 2.45) is 0 Å². The molecule has 8 aromatic carbocycles. The van der Waals surface area contributed by atoms with Crippen LogP contribution >= 0.6 is 0 Å². The Balaban J connectivity index is 1.04. The van der Waals surface area contributed by atoms with Crippen LogP contribution in [0, 0.1) is 0 Å². The predicted octanol–water partition coefficient (Wildman–Crippen LogP) is 7.17. The molecule has 0 unspecified atom stereocenters. The van der Waals surface area contributed by atoms with E-state index >= 15 is 0 Å². The van der Waals surface area contributed by atoms with E-state index in [4.69, 9.17) is 58.6 Å². The fourth-order valence-corrected chi connectivity index (χ4v) is 8.48. The summed E-state index contributed by atoms with van der Waals surface area (Å²) >= 11 is 0. The lowest BCUT2D eigenvalue weighted by Gasteiger charge is -2.21. The maximum atomic E-state index is 6.67. The van der Waals surface area contributed by atoms with Crippen molar-refractivity contribution in [3.63, 3.8) is 0 Å². The molecular formula is C51H27B5N4O. The van der Waals surface area contributed by atoms with E-state index in [-0.39, 0.29) is 27.3 Å². The van der Waals surface area contributed by atoms with Gasteiger partial charge in [-0.25, -0.2) is 15.0 Å². The van der Waals surface area contributed by atoms with Crippen LogP contribution in [-0.4, -0.2) is 58.8 Å². The second kappa shape index (κ2) is 14.5. The number of hydrogen-bond donors (Lipinski definition) is 0. The minimum Gasteiger partial charge on any atom is -0.455 e. The minimum atomic E-state index is 0.158. The molecule has 0 fully saturated rings. The summed E-state index contributed by atoms with van der Waals surface area (Å²) in [6, 6.07) is 55.6. The Morgan fingerprint density at radius 1 is 0.377 bits per heavy atom. The smallest absolute Gasteiger partial charge is 0.167 e. The Hall–Kier alpha value is -7.31. The van der Waals surface area contributed by atoms with Crippen molar-refractivity contribution in [2.75, 3.05) is 0 Å². The second-order valence-electron chi connectivity index (χ2n) is 15.1. The maximum Gasteiger partial charge on any atom is 0.167 e. The number of para-hydroxylation sites is 3. The quantitative estimate of drug-likeness (QED) is 0.169. The zero-order valence-corrected chi connectivity index (χ0v) is 32.7. The lowest BCUT2D eigenvalue weighted by atomic mass is 9.59. The molecule has 3 aromatic heterocycles. The highest BCUT2D eigenvalue weighted by Crippen LogP contribution is 2.39. The van der Waals surface area contributed by atoms with Crippen molar-refractivity contribution >= 4 is 110 Å². The molecule has 0 aliphatic carbocycles. The van der Waals surface area contributed by atoms with E-state index in [1.54, 1.807) is 0 Å². The van der Waals surface area contributed by atoms with Gasteiger partial charge < -0.3 is 8.98 Å². The third-order valence-electron chi connectivity index (χ3n) is 11.5. The Labute approximate surface area is 358 Å². The predicted molar refractivity (Wildman–Crippen MR) is 256 cm³/mol. The molecule has 10 heteroatoms. The van der Waals surface area contributed by atoms with Crippen LogP contribution in [0.1, 0.15) is 0 Å². The van der Waals surface area contributed by atoms with E-state index in [2.05, 4.69) is 89.5 Å². The molecule has 0 aliphatic rings. The van der Waals surface area contributed by atoms with Gasteiger partial charge >= 0.3 is 0 Å². The molecular weight excluding hydrogens is 739 g/mol. The molecule has 272 valence electrons. The lowest BCUT2D eigenvalue weighted by molar-refractivity contribution is 0.669. The van der Waals surface area contributed by atoms with Crippen LogP contribution < -0.4 is 27.3 Å². The average molecular weight is 766 g/mol. The lowest BCUT2D eigenvalue weighted by Crippen LogP contribution is -2.55. The first-order chi connectivity index (χ1) is 29.8. The largest absolute Gasteiger partial charge is 0.455 e. The van der Waals surface area contributed by atoms with Crippen molar-refractivity contribution in [1.29, 1.82) is 0 Å². The van der Waals surface area contributed by atoms with Gasteiger partial charge in [-0.1, -0.05) is 120 Å². The number of benzene rings is 8. The molecule has 0 N–H and O–H groups in total. The van der Waals surface area contributed by atoms with Gasteiger partial charge in [0.2, 0.25) is 0 Å². The molecule has 0 aliphatic heterocycles. The molecule has 0 saturated carbocycles. The molecule has 11 rings (SSSR count). The number of nitrogens with zero attached hydrogens (tertiary/aromatic N) is 4. The first-order valence-corrected chi connectivity index (χ1v) is 19.8. The Morgan fingerprint density at radius 2 is 0.934 bits per heavy atom. The summed E-state index contributed by atoms with van der Waals surface area (Å²) in [6.07, 6.45) is 0. The molecule has 10 radical (unpaired) electrons. The van der Waals surface area contributed by atoms with Crippen LogP contribution in [0.5, 0.6) is 0 Å². The Kier molecular flexibility index (Phi) is 8.71.